The average molecular weight is 603 g/mol. The molecule has 1 unspecified atom stereocenters. The number of ether oxygens (including phenoxy) is 1. The van der Waals surface area contributed by atoms with E-state index < -0.39 is 16.1 Å². The highest BCUT2D eigenvalue weighted by Crippen LogP contribution is 2.30. The third-order valence-corrected chi connectivity index (χ3v) is 9.83. The number of Topliss-reactive ketones (excluding diaryl/α,β-unsaturated/α-hetero) is 1. The van der Waals surface area contributed by atoms with Crippen molar-refractivity contribution in [3.05, 3.63) is 59.6 Å². The molecule has 1 aliphatic rings. The third-order valence-electron chi connectivity index (χ3n) is 7.24. The number of nitrogens with zero attached hydrogens (tertiary/aromatic N) is 2. The van der Waals surface area contributed by atoms with Crippen LogP contribution in [0.25, 0.3) is 20.9 Å². The maximum atomic E-state index is 13.7. The van der Waals surface area contributed by atoms with Crippen molar-refractivity contribution < 1.29 is 22.7 Å². The standard InChI is InChI=1S/C28H30N4O5S2.ClH/c1-17(33)18-8-11-32(12-9-18)28(34)25(16-22-15-24-26(38-22)7-10-30-27(24)29)31-39(35,36)23-6-4-19-3-5-21(37-2)13-20(19)14-23;/h3-7,10,13-15,18,25,31H,8-9,11-12,16H2,1-2H3,(H2,29,30);1H. The van der Waals surface area contributed by atoms with Crippen LogP contribution >= 0.6 is 23.7 Å². The summed E-state index contributed by atoms with van der Waals surface area (Å²) in [6.45, 7) is 2.38. The number of nitrogens with two attached hydrogens (primary N) is 1. The number of fused-ring (bicyclic) bond motifs is 2. The number of aromatic nitrogens is 1. The molecule has 0 radical (unpaired) electrons. The van der Waals surface area contributed by atoms with Crippen molar-refractivity contribution in [3.63, 3.8) is 0 Å². The first kappa shape index (κ1) is 29.7. The zero-order valence-electron chi connectivity index (χ0n) is 22.1. The number of benzene rings is 2. The Bertz CT molecular complexity index is 1670. The number of pyridine rings is 1. The second kappa shape index (κ2) is 12.1. The number of rotatable bonds is 8. The van der Waals surface area contributed by atoms with E-state index in [4.69, 9.17) is 10.5 Å². The molecule has 1 fully saturated rings. The molecule has 4 aromatic rings. The largest absolute Gasteiger partial charge is 0.497 e. The van der Waals surface area contributed by atoms with Gasteiger partial charge in [0, 0.05) is 46.6 Å². The number of sulfonamides is 1. The van der Waals surface area contributed by atoms with Gasteiger partial charge in [0.2, 0.25) is 15.9 Å². The molecule has 2 aromatic carbocycles. The maximum Gasteiger partial charge on any atom is 0.241 e. The van der Waals surface area contributed by atoms with Crippen LogP contribution in [0.15, 0.2) is 59.6 Å². The van der Waals surface area contributed by atoms with Crippen LogP contribution in [0, 0.1) is 5.92 Å². The molecule has 1 saturated heterocycles. The summed E-state index contributed by atoms with van der Waals surface area (Å²) in [5.74, 6) is 0.731. The van der Waals surface area contributed by atoms with Crippen LogP contribution in [0.4, 0.5) is 5.82 Å². The van der Waals surface area contributed by atoms with Gasteiger partial charge in [-0.2, -0.15) is 4.72 Å². The maximum absolute atomic E-state index is 13.7. The van der Waals surface area contributed by atoms with E-state index in [0.717, 1.165) is 20.3 Å². The van der Waals surface area contributed by atoms with Gasteiger partial charge in [-0.3, -0.25) is 9.59 Å². The lowest BCUT2D eigenvalue weighted by molar-refractivity contribution is -0.136. The molecule has 3 heterocycles. The second-order valence-corrected chi connectivity index (χ2v) is 12.7. The SMILES string of the molecule is COc1ccc2ccc(S(=O)(=O)NC(Cc3cc4c(N)nccc4s3)C(=O)N3CCC(C(C)=O)CC3)cc2c1.Cl. The Labute approximate surface area is 243 Å². The minimum absolute atomic E-state index is 0. The highest BCUT2D eigenvalue weighted by Gasteiger charge is 2.33. The van der Waals surface area contributed by atoms with Crippen molar-refractivity contribution in [1.82, 2.24) is 14.6 Å². The van der Waals surface area contributed by atoms with Crippen molar-refractivity contribution in [1.29, 1.82) is 0 Å². The number of likely N-dealkylation sites (tertiary alicyclic amines) is 1. The number of halogens is 1. The van der Waals surface area contributed by atoms with Crippen LogP contribution in [-0.2, 0) is 26.0 Å². The predicted molar refractivity (Wildman–Crippen MR) is 160 cm³/mol. The van der Waals surface area contributed by atoms with E-state index in [2.05, 4.69) is 9.71 Å². The van der Waals surface area contributed by atoms with Gasteiger partial charge in [-0.05, 0) is 66.9 Å². The van der Waals surface area contributed by atoms with Crippen molar-refractivity contribution in [2.45, 2.75) is 37.1 Å². The van der Waals surface area contributed by atoms with Crippen molar-refractivity contribution >= 4 is 72.1 Å². The summed E-state index contributed by atoms with van der Waals surface area (Å²) in [6.07, 6.45) is 2.92. The summed E-state index contributed by atoms with van der Waals surface area (Å²) in [7, 11) is -2.51. The molecule has 2 aromatic heterocycles. The van der Waals surface area contributed by atoms with Crippen LogP contribution in [0.3, 0.4) is 0 Å². The van der Waals surface area contributed by atoms with E-state index >= 15 is 0 Å². The normalized spacial score (nSPS) is 15.1. The van der Waals surface area contributed by atoms with E-state index in [1.54, 1.807) is 43.3 Å². The first-order valence-corrected chi connectivity index (χ1v) is 15.0. The number of hydrogen-bond donors (Lipinski definition) is 2. The number of carbonyl (C=O) groups is 2. The minimum atomic E-state index is -4.06. The van der Waals surface area contributed by atoms with Crippen LogP contribution in [-0.4, -0.2) is 56.2 Å². The van der Waals surface area contributed by atoms with Gasteiger partial charge < -0.3 is 15.4 Å². The summed E-state index contributed by atoms with van der Waals surface area (Å²) < 4.78 is 36.1. The average Bonchev–Trinajstić information content (AvgIpc) is 3.35. The van der Waals surface area contributed by atoms with Gasteiger partial charge in [-0.1, -0.05) is 12.1 Å². The highest BCUT2D eigenvalue weighted by molar-refractivity contribution is 7.89. The Morgan fingerprint density at radius 1 is 1.12 bits per heavy atom. The summed E-state index contributed by atoms with van der Waals surface area (Å²) in [5, 5.41) is 2.35. The molecule has 1 atom stereocenters. The Morgan fingerprint density at radius 2 is 1.85 bits per heavy atom. The fraction of sp³-hybridized carbons (Fsp3) is 0.321. The molecule has 0 spiro atoms. The molecule has 3 N–H and O–H groups in total. The number of methoxy groups -OCH3 is 1. The fourth-order valence-corrected chi connectivity index (χ4v) is 7.33. The smallest absolute Gasteiger partial charge is 0.241 e. The number of nitrogens with one attached hydrogen (secondary N) is 1. The monoisotopic (exact) mass is 602 g/mol. The van der Waals surface area contributed by atoms with Gasteiger partial charge >= 0.3 is 0 Å². The summed E-state index contributed by atoms with van der Waals surface area (Å²) in [4.78, 5) is 32.2. The first-order chi connectivity index (χ1) is 18.6. The van der Waals surface area contributed by atoms with E-state index in [-0.39, 0.29) is 41.3 Å². The number of ketones is 1. The Hall–Kier alpha value is -3.25. The number of piperidine rings is 1. The molecule has 5 rings (SSSR count). The van der Waals surface area contributed by atoms with E-state index in [1.807, 2.05) is 24.3 Å². The number of thiophene rings is 1. The quantitative estimate of drug-likeness (QED) is 0.309. The Balaban J connectivity index is 0.00000370. The molecule has 0 bridgehead atoms. The molecule has 9 nitrogen and oxygen atoms in total. The lowest BCUT2D eigenvalue weighted by Gasteiger charge is -2.33. The Morgan fingerprint density at radius 3 is 2.52 bits per heavy atom. The molecular formula is C28H31ClN4O5S2. The number of anilines is 1. The molecule has 1 amide bonds. The second-order valence-electron chi connectivity index (χ2n) is 9.78. The summed E-state index contributed by atoms with van der Waals surface area (Å²) in [6, 6.07) is 12.9. The van der Waals surface area contributed by atoms with E-state index in [0.29, 0.717) is 42.9 Å². The highest BCUT2D eigenvalue weighted by atomic mass is 35.5. The molecule has 40 heavy (non-hydrogen) atoms. The molecule has 0 aliphatic carbocycles. The van der Waals surface area contributed by atoms with Crippen LogP contribution < -0.4 is 15.2 Å². The van der Waals surface area contributed by atoms with Crippen molar-refractivity contribution in [3.8, 4) is 5.75 Å². The van der Waals surface area contributed by atoms with Gasteiger partial charge in [0.1, 0.15) is 23.4 Å². The predicted octanol–water partition coefficient (Wildman–Crippen LogP) is 4.18. The number of hydrogen-bond acceptors (Lipinski definition) is 8. The topological polar surface area (TPSA) is 132 Å². The molecule has 1 aliphatic heterocycles. The molecular weight excluding hydrogens is 572 g/mol. The fourth-order valence-electron chi connectivity index (χ4n) is 5.00. The van der Waals surface area contributed by atoms with E-state index in [9.17, 15) is 18.0 Å². The number of carbonyl (C=O) groups excluding carboxylic acids is 2. The molecule has 12 heteroatoms. The van der Waals surface area contributed by atoms with Crippen LogP contribution in [0.2, 0.25) is 0 Å². The van der Waals surface area contributed by atoms with Crippen LogP contribution in [0.5, 0.6) is 5.75 Å². The van der Waals surface area contributed by atoms with Crippen molar-refractivity contribution in [2.24, 2.45) is 5.92 Å². The van der Waals surface area contributed by atoms with Gasteiger partial charge in [0.25, 0.3) is 0 Å². The van der Waals surface area contributed by atoms with Gasteiger partial charge in [0.05, 0.1) is 12.0 Å². The van der Waals surface area contributed by atoms with E-state index in [1.165, 1.54) is 17.4 Å². The Kier molecular flexibility index (Phi) is 8.99. The van der Waals surface area contributed by atoms with Gasteiger partial charge in [-0.25, -0.2) is 13.4 Å². The zero-order chi connectivity index (χ0) is 27.7. The summed E-state index contributed by atoms with van der Waals surface area (Å²) >= 11 is 1.45. The lowest BCUT2D eigenvalue weighted by atomic mass is 9.93. The number of amides is 1. The zero-order valence-corrected chi connectivity index (χ0v) is 24.6. The van der Waals surface area contributed by atoms with Crippen molar-refractivity contribution in [2.75, 3.05) is 25.9 Å². The summed E-state index contributed by atoms with van der Waals surface area (Å²) in [5.41, 5.74) is 6.03. The van der Waals surface area contributed by atoms with Crippen LogP contribution in [0.1, 0.15) is 24.6 Å². The minimum Gasteiger partial charge on any atom is -0.497 e. The third kappa shape index (κ3) is 6.22. The van der Waals surface area contributed by atoms with Gasteiger partial charge in [0.15, 0.2) is 0 Å². The lowest BCUT2D eigenvalue weighted by Crippen LogP contribution is -2.51. The van der Waals surface area contributed by atoms with Gasteiger partial charge in [-0.15, -0.1) is 23.7 Å². The molecule has 212 valence electrons. The molecule has 0 saturated carbocycles. The first-order valence-electron chi connectivity index (χ1n) is 12.7. The number of nitrogen functional groups attached to an aromatic ring is 1.